The molecule has 0 unspecified atom stereocenters. The number of esters is 1. The molecular formula is C26H38O3S. The smallest absolute Gasteiger partial charge is 0.306 e. The average Bonchev–Trinajstić information content (AvgIpc) is 3.23. The number of hydrogen-bond donors (Lipinski definition) is 0. The van der Waals surface area contributed by atoms with E-state index in [4.69, 9.17) is 4.74 Å². The van der Waals surface area contributed by atoms with Gasteiger partial charge in [0, 0.05) is 23.5 Å². The summed E-state index contributed by atoms with van der Waals surface area (Å²) in [5.74, 6) is 3.62. The molecule has 0 radical (unpaired) electrons. The summed E-state index contributed by atoms with van der Waals surface area (Å²) in [5.41, 5.74) is 1.59. The van der Waals surface area contributed by atoms with Crippen LogP contribution in [-0.4, -0.2) is 28.4 Å². The Morgan fingerprint density at radius 1 is 1.07 bits per heavy atom. The molecule has 0 N–H and O–H groups in total. The molecule has 4 fully saturated rings. The molecular weight excluding hydrogens is 392 g/mol. The molecule has 3 nitrogen and oxygen atoms in total. The number of rotatable bonds is 4. The van der Waals surface area contributed by atoms with Crippen molar-refractivity contribution in [3.05, 3.63) is 11.6 Å². The van der Waals surface area contributed by atoms with E-state index in [0.29, 0.717) is 35.2 Å². The number of allylic oxidation sites excluding steroid dienone is 1. The van der Waals surface area contributed by atoms with E-state index in [2.05, 4.69) is 32.5 Å². The van der Waals surface area contributed by atoms with Gasteiger partial charge in [-0.05, 0) is 86.4 Å². The predicted molar refractivity (Wildman–Crippen MR) is 121 cm³/mol. The Morgan fingerprint density at radius 3 is 2.60 bits per heavy atom. The van der Waals surface area contributed by atoms with E-state index in [1.165, 1.54) is 43.4 Å². The fourth-order valence-electron chi connectivity index (χ4n) is 8.35. The van der Waals surface area contributed by atoms with Crippen LogP contribution in [0.5, 0.6) is 0 Å². The highest BCUT2D eigenvalue weighted by Crippen LogP contribution is 2.70. The minimum absolute atomic E-state index is 0.0273. The Labute approximate surface area is 186 Å². The van der Waals surface area contributed by atoms with Crippen LogP contribution in [0.15, 0.2) is 11.6 Å². The number of ketones is 1. The molecule has 5 aliphatic rings. The summed E-state index contributed by atoms with van der Waals surface area (Å²) in [6.07, 6.45) is 13.6. The number of ether oxygens (including phenoxy) is 1. The topological polar surface area (TPSA) is 43.4 Å². The molecule has 4 heteroatoms. The Kier molecular flexibility index (Phi) is 5.19. The minimum Gasteiger partial charge on any atom is -0.458 e. The van der Waals surface area contributed by atoms with Crippen molar-refractivity contribution in [1.82, 2.24) is 0 Å². The van der Waals surface area contributed by atoms with Crippen molar-refractivity contribution >= 4 is 23.5 Å². The van der Waals surface area contributed by atoms with Gasteiger partial charge in [-0.2, -0.15) is 11.8 Å². The molecule has 1 spiro atoms. The van der Waals surface area contributed by atoms with E-state index in [1.54, 1.807) is 0 Å². The van der Waals surface area contributed by atoms with E-state index in [1.807, 2.05) is 6.08 Å². The van der Waals surface area contributed by atoms with Gasteiger partial charge in [-0.15, -0.1) is 0 Å². The second-order valence-electron chi connectivity index (χ2n) is 11.3. The number of hydrogen-bond acceptors (Lipinski definition) is 4. The Morgan fingerprint density at radius 2 is 1.87 bits per heavy atom. The third-order valence-electron chi connectivity index (χ3n) is 10.1. The molecule has 3 saturated carbocycles. The van der Waals surface area contributed by atoms with Crippen molar-refractivity contribution in [2.75, 3.05) is 5.75 Å². The van der Waals surface area contributed by atoms with Crippen LogP contribution in [0.3, 0.4) is 0 Å². The first-order chi connectivity index (χ1) is 14.3. The van der Waals surface area contributed by atoms with Crippen LogP contribution in [0, 0.1) is 28.6 Å². The van der Waals surface area contributed by atoms with Gasteiger partial charge < -0.3 is 4.74 Å². The van der Waals surface area contributed by atoms with Crippen molar-refractivity contribution in [3.8, 4) is 0 Å². The second-order valence-corrected chi connectivity index (χ2v) is 12.6. The first kappa shape index (κ1) is 21.1. The monoisotopic (exact) mass is 430 g/mol. The molecule has 0 aromatic heterocycles. The molecule has 1 saturated heterocycles. The first-order valence-corrected chi connectivity index (χ1v) is 13.5. The summed E-state index contributed by atoms with van der Waals surface area (Å²) in [6.45, 7) is 7.21. The maximum absolute atomic E-state index is 12.3. The Hall–Kier alpha value is -0.770. The highest BCUT2D eigenvalue weighted by molar-refractivity contribution is 7.99. The molecule has 30 heavy (non-hydrogen) atoms. The van der Waals surface area contributed by atoms with Gasteiger partial charge >= 0.3 is 5.97 Å². The van der Waals surface area contributed by atoms with Crippen LogP contribution in [-0.2, 0) is 14.3 Å². The molecule has 5 rings (SSSR count). The zero-order valence-electron chi connectivity index (χ0n) is 19.0. The lowest BCUT2D eigenvalue weighted by Gasteiger charge is -2.61. The molecule has 0 aromatic rings. The lowest BCUT2D eigenvalue weighted by atomic mass is 9.46. The molecule has 4 aliphatic carbocycles. The van der Waals surface area contributed by atoms with E-state index in [0.717, 1.165) is 32.1 Å². The van der Waals surface area contributed by atoms with Crippen molar-refractivity contribution < 1.29 is 14.3 Å². The molecule has 7 atom stereocenters. The van der Waals surface area contributed by atoms with E-state index >= 15 is 0 Å². The summed E-state index contributed by atoms with van der Waals surface area (Å²) in [4.78, 5) is 24.4. The maximum Gasteiger partial charge on any atom is 0.306 e. The van der Waals surface area contributed by atoms with Gasteiger partial charge in [0.05, 0.1) is 0 Å². The maximum atomic E-state index is 12.3. The van der Waals surface area contributed by atoms with Gasteiger partial charge in [-0.3, -0.25) is 9.59 Å². The van der Waals surface area contributed by atoms with Crippen molar-refractivity contribution in [2.45, 2.75) is 102 Å². The van der Waals surface area contributed by atoms with E-state index in [9.17, 15) is 9.59 Å². The third kappa shape index (κ3) is 2.91. The van der Waals surface area contributed by atoms with Gasteiger partial charge in [-0.1, -0.05) is 32.8 Å². The van der Waals surface area contributed by atoms with Crippen LogP contribution in [0.4, 0.5) is 0 Å². The zero-order chi connectivity index (χ0) is 21.1. The zero-order valence-corrected chi connectivity index (χ0v) is 19.8. The summed E-state index contributed by atoms with van der Waals surface area (Å²) >= 11 is 2.18. The van der Waals surface area contributed by atoms with Crippen LogP contribution >= 0.6 is 11.8 Å². The largest absolute Gasteiger partial charge is 0.458 e. The summed E-state index contributed by atoms with van der Waals surface area (Å²) < 4.78 is 6.14. The molecule has 1 heterocycles. The van der Waals surface area contributed by atoms with Crippen molar-refractivity contribution in [1.29, 1.82) is 0 Å². The van der Waals surface area contributed by atoms with E-state index < -0.39 is 0 Å². The van der Waals surface area contributed by atoms with Crippen LogP contribution in [0.2, 0.25) is 0 Å². The average molecular weight is 431 g/mol. The lowest BCUT2D eigenvalue weighted by molar-refractivity contribution is -0.167. The molecule has 166 valence electrons. The summed E-state index contributed by atoms with van der Waals surface area (Å²) in [5, 5.41) is 0.614. The minimum atomic E-state index is -0.197. The van der Waals surface area contributed by atoms with Gasteiger partial charge in [0.2, 0.25) is 0 Å². The molecule has 0 aromatic carbocycles. The van der Waals surface area contributed by atoms with Gasteiger partial charge in [0.15, 0.2) is 5.78 Å². The normalized spacial score (nSPS) is 47.5. The SMILES string of the molecule is CCCCS[C@@H]1CC2=CC(=O)CC[C@]2(C)[C@H]2CC[C@@]3(C)[C@@H](CC[C@@]34CCC(=O)O4)[C@H]12. The quantitative estimate of drug-likeness (QED) is 0.399. The van der Waals surface area contributed by atoms with Gasteiger partial charge in [0.1, 0.15) is 5.60 Å². The predicted octanol–water partition coefficient (Wildman–Crippen LogP) is 6.11. The van der Waals surface area contributed by atoms with Crippen molar-refractivity contribution in [2.24, 2.45) is 28.6 Å². The molecule has 0 bridgehead atoms. The first-order valence-electron chi connectivity index (χ1n) is 12.4. The fraction of sp³-hybridized carbons (Fsp3) is 0.846. The number of carbonyl (C=O) groups is 2. The van der Waals surface area contributed by atoms with E-state index in [-0.39, 0.29) is 22.4 Å². The molecule has 1 aliphatic heterocycles. The lowest BCUT2D eigenvalue weighted by Crippen LogP contribution is -2.57. The van der Waals surface area contributed by atoms with Crippen LogP contribution in [0.1, 0.15) is 91.4 Å². The highest BCUT2D eigenvalue weighted by Gasteiger charge is 2.68. The number of thioether (sulfide) groups is 1. The fourth-order valence-corrected chi connectivity index (χ4v) is 10.0. The second kappa shape index (κ2) is 7.39. The Bertz CT molecular complexity index is 774. The third-order valence-corrected chi connectivity index (χ3v) is 11.6. The van der Waals surface area contributed by atoms with Crippen molar-refractivity contribution in [3.63, 3.8) is 0 Å². The van der Waals surface area contributed by atoms with Crippen LogP contribution in [0.25, 0.3) is 0 Å². The van der Waals surface area contributed by atoms with Crippen LogP contribution < -0.4 is 0 Å². The number of fused-ring (bicyclic) bond motifs is 6. The Balaban J connectivity index is 1.51. The molecule has 0 amide bonds. The highest BCUT2D eigenvalue weighted by atomic mass is 32.2. The van der Waals surface area contributed by atoms with Gasteiger partial charge in [-0.25, -0.2) is 0 Å². The summed E-state index contributed by atoms with van der Waals surface area (Å²) in [6, 6.07) is 0. The summed E-state index contributed by atoms with van der Waals surface area (Å²) in [7, 11) is 0. The number of unbranched alkanes of at least 4 members (excludes halogenated alkanes) is 1. The number of carbonyl (C=O) groups excluding carboxylic acids is 2. The van der Waals surface area contributed by atoms with Gasteiger partial charge in [0.25, 0.3) is 0 Å². The standard InChI is InChI=1S/C26H38O3S/c1-4-5-14-30-21-16-17-15-18(27)6-10-24(17,2)19-7-11-25(3)20(23(19)21)8-12-26(25)13-9-22(28)29-26/h15,19-21,23H,4-14,16H2,1-3H3/t19-,20-,21+,23+,24-,25-,26+/m0/s1.